The average Bonchev–Trinajstić information content (AvgIpc) is 2.86. The minimum atomic E-state index is 0.389. The number of aromatic nitrogens is 3. The topological polar surface area (TPSA) is 30.7 Å². The first-order valence-corrected chi connectivity index (χ1v) is 6.78. The van der Waals surface area contributed by atoms with E-state index < -0.39 is 0 Å². The van der Waals surface area contributed by atoms with Gasteiger partial charge in [-0.15, -0.1) is 11.6 Å². The molecule has 4 heteroatoms. The molecule has 0 unspecified atom stereocenters. The van der Waals surface area contributed by atoms with E-state index >= 15 is 0 Å². The average molecular weight is 264 g/mol. The molecule has 18 heavy (non-hydrogen) atoms. The summed E-state index contributed by atoms with van der Waals surface area (Å²) < 4.78 is 2.03. The highest BCUT2D eigenvalue weighted by Gasteiger charge is 2.09. The number of imidazole rings is 1. The summed E-state index contributed by atoms with van der Waals surface area (Å²) in [6.45, 7) is 6.37. The van der Waals surface area contributed by atoms with Crippen molar-refractivity contribution in [2.45, 2.75) is 39.0 Å². The summed E-state index contributed by atoms with van der Waals surface area (Å²) >= 11 is 5.96. The molecule has 0 fully saturated rings. The van der Waals surface area contributed by atoms with Gasteiger partial charge in [0.05, 0.1) is 0 Å². The van der Waals surface area contributed by atoms with Crippen molar-refractivity contribution in [2.24, 2.45) is 0 Å². The summed E-state index contributed by atoms with van der Waals surface area (Å²) in [5.74, 6) is 2.82. The van der Waals surface area contributed by atoms with Crippen LogP contribution in [0.4, 0.5) is 0 Å². The van der Waals surface area contributed by atoms with Gasteiger partial charge in [0.15, 0.2) is 0 Å². The first-order valence-electron chi connectivity index (χ1n) is 6.25. The van der Waals surface area contributed by atoms with E-state index in [9.17, 15) is 0 Å². The van der Waals surface area contributed by atoms with Crippen molar-refractivity contribution in [1.82, 2.24) is 14.5 Å². The molecule has 0 bridgehead atoms. The van der Waals surface area contributed by atoms with Crippen LogP contribution >= 0.6 is 11.6 Å². The van der Waals surface area contributed by atoms with Crippen LogP contribution in [0.3, 0.4) is 0 Å². The van der Waals surface area contributed by atoms with Gasteiger partial charge in [0, 0.05) is 30.4 Å². The molecule has 0 atom stereocenters. The highest BCUT2D eigenvalue weighted by molar-refractivity contribution is 6.17. The number of rotatable bonds is 4. The maximum absolute atomic E-state index is 5.96. The van der Waals surface area contributed by atoms with E-state index in [-0.39, 0.29) is 0 Å². The first kappa shape index (κ1) is 13.1. The lowest BCUT2D eigenvalue weighted by atomic mass is 10.1. The third-order valence-corrected chi connectivity index (χ3v) is 3.23. The van der Waals surface area contributed by atoms with E-state index in [1.807, 2.05) is 23.0 Å². The zero-order chi connectivity index (χ0) is 13.1. The van der Waals surface area contributed by atoms with Gasteiger partial charge in [-0.2, -0.15) is 0 Å². The van der Waals surface area contributed by atoms with Gasteiger partial charge in [0.25, 0.3) is 0 Å². The Hall–Kier alpha value is -1.35. The Labute approximate surface area is 113 Å². The standard InChI is InChI=1S/C14H18ClN3/c1-4-13-16-5-6-18(13)14-8-11(9-15)7-12(17-14)10(2)3/h5-8,10H,4,9H2,1-3H3. The van der Waals surface area contributed by atoms with Gasteiger partial charge in [-0.25, -0.2) is 9.97 Å². The maximum atomic E-state index is 5.96. The molecule has 0 aliphatic carbocycles. The van der Waals surface area contributed by atoms with Gasteiger partial charge in [0.2, 0.25) is 0 Å². The Balaban J connectivity index is 2.53. The van der Waals surface area contributed by atoms with Crippen molar-refractivity contribution in [3.63, 3.8) is 0 Å². The van der Waals surface area contributed by atoms with E-state index in [0.29, 0.717) is 11.8 Å². The molecule has 0 aliphatic heterocycles. The molecule has 0 radical (unpaired) electrons. The highest BCUT2D eigenvalue weighted by atomic mass is 35.5. The Morgan fingerprint density at radius 3 is 2.72 bits per heavy atom. The highest BCUT2D eigenvalue weighted by Crippen LogP contribution is 2.19. The Kier molecular flexibility index (Phi) is 4.02. The van der Waals surface area contributed by atoms with E-state index in [2.05, 4.69) is 31.8 Å². The quantitative estimate of drug-likeness (QED) is 0.788. The smallest absolute Gasteiger partial charge is 0.138 e. The van der Waals surface area contributed by atoms with Crippen LogP contribution in [0.2, 0.25) is 0 Å². The monoisotopic (exact) mass is 263 g/mol. The number of alkyl halides is 1. The minimum Gasteiger partial charge on any atom is -0.288 e. The summed E-state index contributed by atoms with van der Waals surface area (Å²) in [4.78, 5) is 9.03. The third kappa shape index (κ3) is 2.56. The molecule has 2 heterocycles. The predicted molar refractivity (Wildman–Crippen MR) is 74.4 cm³/mol. The van der Waals surface area contributed by atoms with Gasteiger partial charge in [-0.1, -0.05) is 20.8 Å². The molecule has 0 saturated carbocycles. The molecule has 0 spiro atoms. The molecule has 2 rings (SSSR count). The third-order valence-electron chi connectivity index (χ3n) is 2.92. The first-order chi connectivity index (χ1) is 8.65. The van der Waals surface area contributed by atoms with Gasteiger partial charge >= 0.3 is 0 Å². The number of nitrogens with zero attached hydrogens (tertiary/aromatic N) is 3. The molecule has 0 N–H and O–H groups in total. The fourth-order valence-electron chi connectivity index (χ4n) is 1.90. The van der Waals surface area contributed by atoms with E-state index in [1.165, 1.54) is 0 Å². The zero-order valence-corrected chi connectivity index (χ0v) is 11.8. The van der Waals surface area contributed by atoms with Crippen molar-refractivity contribution in [2.75, 3.05) is 0 Å². The molecule has 96 valence electrons. The molecule has 2 aromatic rings. The Morgan fingerprint density at radius 1 is 1.33 bits per heavy atom. The maximum Gasteiger partial charge on any atom is 0.138 e. The van der Waals surface area contributed by atoms with Gasteiger partial charge in [-0.3, -0.25) is 4.57 Å². The molecular formula is C14H18ClN3. The van der Waals surface area contributed by atoms with Crippen molar-refractivity contribution < 1.29 is 0 Å². The van der Waals surface area contributed by atoms with Crippen molar-refractivity contribution in [3.8, 4) is 5.82 Å². The van der Waals surface area contributed by atoms with E-state index in [0.717, 1.165) is 29.3 Å². The number of halogens is 1. The minimum absolute atomic E-state index is 0.389. The Morgan fingerprint density at radius 2 is 2.11 bits per heavy atom. The lowest BCUT2D eigenvalue weighted by molar-refractivity contribution is 0.793. The van der Waals surface area contributed by atoms with Gasteiger partial charge in [0.1, 0.15) is 11.6 Å². The molecular weight excluding hydrogens is 246 g/mol. The largest absolute Gasteiger partial charge is 0.288 e. The lowest BCUT2D eigenvalue weighted by Gasteiger charge is -2.12. The van der Waals surface area contributed by atoms with Crippen LogP contribution in [-0.2, 0) is 12.3 Å². The van der Waals surface area contributed by atoms with Crippen LogP contribution in [-0.4, -0.2) is 14.5 Å². The fraction of sp³-hybridized carbons (Fsp3) is 0.429. The fourth-order valence-corrected chi connectivity index (χ4v) is 2.05. The van der Waals surface area contributed by atoms with Crippen LogP contribution in [0.15, 0.2) is 24.5 Å². The zero-order valence-electron chi connectivity index (χ0n) is 11.0. The van der Waals surface area contributed by atoms with Crippen LogP contribution in [0, 0.1) is 0 Å². The summed E-state index contributed by atoms with van der Waals surface area (Å²) in [5, 5.41) is 0. The van der Waals surface area contributed by atoms with E-state index in [1.54, 1.807) is 0 Å². The molecule has 3 nitrogen and oxygen atoms in total. The molecule has 0 amide bonds. The second kappa shape index (κ2) is 5.53. The Bertz CT molecular complexity index is 532. The summed E-state index contributed by atoms with van der Waals surface area (Å²) in [6, 6.07) is 4.10. The van der Waals surface area contributed by atoms with Crippen molar-refractivity contribution in [3.05, 3.63) is 41.6 Å². The van der Waals surface area contributed by atoms with Crippen LogP contribution in [0.1, 0.15) is 43.8 Å². The van der Waals surface area contributed by atoms with Crippen LogP contribution < -0.4 is 0 Å². The van der Waals surface area contributed by atoms with Crippen molar-refractivity contribution in [1.29, 1.82) is 0 Å². The van der Waals surface area contributed by atoms with Crippen molar-refractivity contribution >= 4 is 11.6 Å². The van der Waals surface area contributed by atoms with Gasteiger partial charge < -0.3 is 0 Å². The lowest BCUT2D eigenvalue weighted by Crippen LogP contribution is -2.05. The number of hydrogen-bond acceptors (Lipinski definition) is 2. The summed E-state index contributed by atoms with van der Waals surface area (Å²) in [6.07, 6.45) is 4.64. The number of aryl methyl sites for hydroxylation is 1. The summed E-state index contributed by atoms with van der Waals surface area (Å²) in [5.41, 5.74) is 2.17. The van der Waals surface area contributed by atoms with Gasteiger partial charge in [-0.05, 0) is 23.6 Å². The normalized spacial score (nSPS) is 11.2. The molecule has 0 aliphatic rings. The second-order valence-electron chi connectivity index (χ2n) is 4.61. The van der Waals surface area contributed by atoms with Crippen LogP contribution in [0.25, 0.3) is 5.82 Å². The summed E-state index contributed by atoms with van der Waals surface area (Å²) in [7, 11) is 0. The van der Waals surface area contributed by atoms with Crippen LogP contribution in [0.5, 0.6) is 0 Å². The second-order valence-corrected chi connectivity index (χ2v) is 4.88. The molecule has 2 aromatic heterocycles. The SMILES string of the molecule is CCc1nccn1-c1cc(CCl)cc(C(C)C)n1. The number of hydrogen-bond donors (Lipinski definition) is 0. The number of pyridine rings is 1. The van der Waals surface area contributed by atoms with E-state index in [4.69, 9.17) is 16.6 Å². The predicted octanol–water partition coefficient (Wildman–Crippen LogP) is 3.69. The molecule has 0 saturated heterocycles. The molecule has 0 aromatic carbocycles.